The van der Waals surface area contributed by atoms with Crippen molar-refractivity contribution in [2.45, 2.75) is 19.8 Å². The summed E-state index contributed by atoms with van der Waals surface area (Å²) in [4.78, 5) is 0.938. The van der Waals surface area contributed by atoms with E-state index in [2.05, 4.69) is 26.1 Å². The molecule has 0 bridgehead atoms. The minimum absolute atomic E-state index is 0.695. The van der Waals surface area contributed by atoms with Gasteiger partial charge in [0.2, 0.25) is 0 Å². The molecule has 0 aliphatic rings. The third-order valence-electron chi connectivity index (χ3n) is 1.04. The number of rotatable bonds is 3. The minimum Gasteiger partial charge on any atom is -0.398 e. The van der Waals surface area contributed by atoms with Gasteiger partial charge in [0.05, 0.1) is 0 Å². The molecule has 2 N–H and O–H groups in total. The molecule has 0 heterocycles. The van der Waals surface area contributed by atoms with Gasteiger partial charge >= 0.3 is 0 Å². The third-order valence-corrected chi connectivity index (χ3v) is 1.52. The van der Waals surface area contributed by atoms with Crippen LogP contribution in [0.2, 0.25) is 0 Å². The molecule has 9 heavy (non-hydrogen) atoms. The van der Waals surface area contributed by atoms with E-state index in [1.807, 2.05) is 0 Å². The summed E-state index contributed by atoms with van der Waals surface area (Å²) in [6.07, 6.45) is 3.65. The molecule has 0 saturated carbocycles. The van der Waals surface area contributed by atoms with Crippen molar-refractivity contribution in [3.05, 3.63) is 23.3 Å². The highest BCUT2D eigenvalue weighted by molar-refractivity contribution is 7.84. The Morgan fingerprint density at radius 3 is 2.67 bits per heavy atom. The summed E-state index contributed by atoms with van der Waals surface area (Å²) in [5.74, 6) is 0. The van der Waals surface area contributed by atoms with Crippen LogP contribution in [0, 0.1) is 0 Å². The van der Waals surface area contributed by atoms with E-state index in [1.165, 1.54) is 0 Å². The fraction of sp³-hybridized carbons (Fsp3) is 0.429. The van der Waals surface area contributed by atoms with Gasteiger partial charge in [0.25, 0.3) is 0 Å². The molecular formula is C7H13NS. The van der Waals surface area contributed by atoms with Gasteiger partial charge in [-0.25, -0.2) is 0 Å². The van der Waals surface area contributed by atoms with Gasteiger partial charge in [-0.15, -0.1) is 12.6 Å². The lowest BCUT2D eigenvalue weighted by Crippen LogP contribution is -1.94. The lowest BCUT2D eigenvalue weighted by molar-refractivity contribution is 0.939. The smallest absolute Gasteiger partial charge is 0.0402 e. The molecule has 0 fully saturated rings. The molecule has 0 spiro atoms. The lowest BCUT2D eigenvalue weighted by atomic mass is 10.3. The predicted octanol–water partition coefficient (Wildman–Crippen LogP) is 2.07. The van der Waals surface area contributed by atoms with Gasteiger partial charge in [-0.1, -0.05) is 19.9 Å². The van der Waals surface area contributed by atoms with E-state index in [-0.39, 0.29) is 0 Å². The van der Waals surface area contributed by atoms with E-state index >= 15 is 0 Å². The lowest BCUT2D eigenvalue weighted by Gasteiger charge is -1.98. The van der Waals surface area contributed by atoms with Crippen LogP contribution < -0.4 is 5.73 Å². The van der Waals surface area contributed by atoms with Crippen LogP contribution in [-0.2, 0) is 0 Å². The van der Waals surface area contributed by atoms with Crippen molar-refractivity contribution in [2.75, 3.05) is 0 Å². The van der Waals surface area contributed by atoms with Crippen LogP contribution in [-0.4, -0.2) is 0 Å². The minimum atomic E-state index is 0.695. The summed E-state index contributed by atoms with van der Waals surface area (Å²) in [5.41, 5.74) is 6.18. The Morgan fingerprint density at radius 1 is 1.78 bits per heavy atom. The second-order valence-corrected chi connectivity index (χ2v) is 2.40. The molecule has 2 heteroatoms. The Balaban J connectivity index is 3.93. The van der Waals surface area contributed by atoms with Crippen LogP contribution in [0.4, 0.5) is 0 Å². The Labute approximate surface area is 62.0 Å². The van der Waals surface area contributed by atoms with Gasteiger partial charge in [0.15, 0.2) is 0 Å². The number of allylic oxidation sites excluding steroid dienone is 2. The fourth-order valence-corrected chi connectivity index (χ4v) is 0.814. The normalized spacial score (nSPS) is 12.7. The Morgan fingerprint density at radius 2 is 2.33 bits per heavy atom. The quantitative estimate of drug-likeness (QED) is 0.459. The average molecular weight is 143 g/mol. The van der Waals surface area contributed by atoms with Crippen molar-refractivity contribution in [3.8, 4) is 0 Å². The summed E-state index contributed by atoms with van der Waals surface area (Å²) in [6.45, 7) is 5.62. The van der Waals surface area contributed by atoms with Crippen LogP contribution in [0.15, 0.2) is 23.3 Å². The highest BCUT2D eigenvalue weighted by atomic mass is 32.1. The fourth-order valence-electron chi connectivity index (χ4n) is 0.499. The second-order valence-electron chi connectivity index (χ2n) is 1.86. The number of hydrogen-bond acceptors (Lipinski definition) is 2. The van der Waals surface area contributed by atoms with Crippen molar-refractivity contribution < 1.29 is 0 Å². The van der Waals surface area contributed by atoms with Crippen LogP contribution in [0.5, 0.6) is 0 Å². The third kappa shape index (κ3) is 3.25. The van der Waals surface area contributed by atoms with E-state index in [0.717, 1.165) is 17.7 Å². The summed E-state index contributed by atoms with van der Waals surface area (Å²) < 4.78 is 0. The van der Waals surface area contributed by atoms with Crippen molar-refractivity contribution >= 4 is 12.6 Å². The standard InChI is InChI=1S/C7H13NS/c1-3-5-7(9)6(8)4-2/h4,9H,2-3,5,8H2,1H3/b7-6+. The average Bonchev–Trinajstić information content (AvgIpc) is 1.87. The highest BCUT2D eigenvalue weighted by Gasteiger charge is 1.91. The van der Waals surface area contributed by atoms with Gasteiger partial charge in [0.1, 0.15) is 0 Å². The molecule has 0 aliphatic carbocycles. The van der Waals surface area contributed by atoms with Crippen LogP contribution in [0.25, 0.3) is 0 Å². The molecule has 0 unspecified atom stereocenters. The summed E-state index contributed by atoms with van der Waals surface area (Å²) >= 11 is 4.17. The molecule has 0 saturated heterocycles. The number of thiol groups is 1. The monoisotopic (exact) mass is 143 g/mol. The first-order valence-corrected chi connectivity index (χ1v) is 3.47. The van der Waals surface area contributed by atoms with E-state index in [4.69, 9.17) is 5.73 Å². The SMILES string of the molecule is C=C/C(N)=C(\S)CCC. The van der Waals surface area contributed by atoms with Gasteiger partial charge in [-0.3, -0.25) is 0 Å². The molecule has 0 rings (SSSR count). The summed E-state index contributed by atoms with van der Waals surface area (Å²) in [7, 11) is 0. The van der Waals surface area contributed by atoms with Crippen LogP contribution >= 0.6 is 12.6 Å². The number of hydrogen-bond donors (Lipinski definition) is 2. The van der Waals surface area contributed by atoms with Crippen molar-refractivity contribution in [3.63, 3.8) is 0 Å². The maximum absolute atomic E-state index is 5.49. The van der Waals surface area contributed by atoms with Crippen molar-refractivity contribution in [1.82, 2.24) is 0 Å². The molecule has 0 aliphatic heterocycles. The Bertz CT molecular complexity index is 127. The van der Waals surface area contributed by atoms with E-state index in [0.29, 0.717) is 5.70 Å². The maximum Gasteiger partial charge on any atom is 0.0402 e. The molecule has 52 valence electrons. The number of nitrogens with two attached hydrogens (primary N) is 1. The van der Waals surface area contributed by atoms with E-state index in [9.17, 15) is 0 Å². The first kappa shape index (κ1) is 8.63. The molecule has 0 amide bonds. The van der Waals surface area contributed by atoms with E-state index in [1.54, 1.807) is 6.08 Å². The topological polar surface area (TPSA) is 26.0 Å². The zero-order valence-electron chi connectivity index (χ0n) is 5.72. The maximum atomic E-state index is 5.49. The zero-order chi connectivity index (χ0) is 7.28. The summed E-state index contributed by atoms with van der Waals surface area (Å²) in [6, 6.07) is 0. The van der Waals surface area contributed by atoms with Gasteiger partial charge in [-0.05, 0) is 12.5 Å². The Hall–Kier alpha value is -0.370. The summed E-state index contributed by atoms with van der Waals surface area (Å²) in [5, 5.41) is 0. The first-order valence-electron chi connectivity index (χ1n) is 3.02. The molecular weight excluding hydrogens is 130 g/mol. The molecule has 0 radical (unpaired) electrons. The first-order chi connectivity index (χ1) is 4.22. The van der Waals surface area contributed by atoms with Gasteiger partial charge < -0.3 is 5.73 Å². The van der Waals surface area contributed by atoms with Crippen LogP contribution in [0.3, 0.4) is 0 Å². The van der Waals surface area contributed by atoms with Crippen molar-refractivity contribution in [1.29, 1.82) is 0 Å². The highest BCUT2D eigenvalue weighted by Crippen LogP contribution is 2.11. The second kappa shape index (κ2) is 4.50. The molecule has 0 aromatic heterocycles. The molecule has 1 nitrogen and oxygen atoms in total. The zero-order valence-corrected chi connectivity index (χ0v) is 6.62. The van der Waals surface area contributed by atoms with Crippen LogP contribution in [0.1, 0.15) is 19.8 Å². The Kier molecular flexibility index (Phi) is 4.32. The molecule has 0 atom stereocenters. The predicted molar refractivity (Wildman–Crippen MR) is 45.3 cm³/mol. The largest absolute Gasteiger partial charge is 0.398 e. The van der Waals surface area contributed by atoms with E-state index < -0.39 is 0 Å². The van der Waals surface area contributed by atoms with Crippen molar-refractivity contribution in [2.24, 2.45) is 5.73 Å². The molecule has 0 aromatic carbocycles. The van der Waals surface area contributed by atoms with Gasteiger partial charge in [-0.2, -0.15) is 0 Å². The van der Waals surface area contributed by atoms with Gasteiger partial charge in [0, 0.05) is 10.6 Å². The molecule has 0 aromatic rings.